The molecule has 0 saturated heterocycles. The van der Waals surface area contributed by atoms with Crippen molar-refractivity contribution in [2.24, 2.45) is 0 Å². The number of hydrogen-bond acceptors (Lipinski definition) is 1. The summed E-state index contributed by atoms with van der Waals surface area (Å²) in [4.78, 5) is 0. The van der Waals surface area contributed by atoms with E-state index in [1.54, 1.807) is 0 Å². The van der Waals surface area contributed by atoms with E-state index in [9.17, 15) is 5.11 Å². The highest BCUT2D eigenvalue weighted by Gasteiger charge is 2.32. The maximum Gasteiger partial charge on any atom is 0.0929 e. The van der Waals surface area contributed by atoms with Gasteiger partial charge in [0.05, 0.1) is 5.60 Å². The summed E-state index contributed by atoms with van der Waals surface area (Å²) in [5.41, 5.74) is 3.46. The number of aliphatic hydroxyl groups is 1. The maximum absolute atomic E-state index is 10.4. The van der Waals surface area contributed by atoms with Crippen LogP contribution in [-0.4, -0.2) is 10.7 Å². The Labute approximate surface area is 87.5 Å². The zero-order chi connectivity index (χ0) is 10.4. The van der Waals surface area contributed by atoms with Crippen LogP contribution in [0.3, 0.4) is 0 Å². The fourth-order valence-electron chi connectivity index (χ4n) is 2.28. The Morgan fingerprint density at radius 2 is 2.00 bits per heavy atom. The molecule has 0 unspecified atom stereocenters. The first-order chi connectivity index (χ1) is 6.73. The van der Waals surface area contributed by atoms with Gasteiger partial charge >= 0.3 is 0 Å². The van der Waals surface area contributed by atoms with Gasteiger partial charge in [0.1, 0.15) is 0 Å². The molecule has 1 aliphatic carbocycles. The van der Waals surface area contributed by atoms with Crippen LogP contribution in [0.4, 0.5) is 0 Å². The van der Waals surface area contributed by atoms with Crippen molar-refractivity contribution in [3.8, 4) is 0 Å². The van der Waals surface area contributed by atoms with Gasteiger partial charge in [-0.05, 0) is 25.7 Å². The minimum absolute atomic E-state index is 0.560. The molecule has 0 amide bonds. The first-order valence-corrected chi connectivity index (χ1v) is 5.84. The Balaban J connectivity index is 2.62. The predicted molar refractivity (Wildman–Crippen MR) is 60.2 cm³/mol. The van der Waals surface area contributed by atoms with Gasteiger partial charge in [0, 0.05) is 5.57 Å². The summed E-state index contributed by atoms with van der Waals surface area (Å²) in [5.74, 6) is 0. The lowest BCUT2D eigenvalue weighted by molar-refractivity contribution is 0.0364. The van der Waals surface area contributed by atoms with Crippen LogP contribution < -0.4 is 0 Å². The van der Waals surface area contributed by atoms with Crippen LogP contribution in [0.25, 0.3) is 0 Å². The van der Waals surface area contributed by atoms with Crippen LogP contribution >= 0.6 is 0 Å². The molecule has 0 radical (unpaired) electrons. The van der Waals surface area contributed by atoms with Crippen LogP contribution in [0.5, 0.6) is 0 Å². The van der Waals surface area contributed by atoms with Crippen molar-refractivity contribution in [2.45, 2.75) is 63.9 Å². The Hall–Kier alpha value is -0.520. The SMILES string of the molecule is C=C=C(CCCC)C1(O)CCCCC1. The van der Waals surface area contributed by atoms with Gasteiger partial charge in [0.2, 0.25) is 0 Å². The van der Waals surface area contributed by atoms with Crippen molar-refractivity contribution >= 4 is 0 Å². The number of unbranched alkanes of at least 4 members (excludes halogenated alkanes) is 1. The Morgan fingerprint density at radius 1 is 1.36 bits per heavy atom. The fourth-order valence-corrected chi connectivity index (χ4v) is 2.28. The molecule has 0 aliphatic heterocycles. The zero-order valence-corrected chi connectivity index (χ0v) is 9.31. The van der Waals surface area contributed by atoms with Gasteiger partial charge in [-0.15, -0.1) is 5.73 Å². The molecule has 1 rings (SSSR count). The second-order valence-electron chi connectivity index (χ2n) is 4.35. The van der Waals surface area contributed by atoms with Crippen molar-refractivity contribution in [1.29, 1.82) is 0 Å². The van der Waals surface area contributed by atoms with Gasteiger partial charge in [-0.25, -0.2) is 0 Å². The van der Waals surface area contributed by atoms with E-state index < -0.39 is 5.60 Å². The van der Waals surface area contributed by atoms with Crippen molar-refractivity contribution in [1.82, 2.24) is 0 Å². The summed E-state index contributed by atoms with van der Waals surface area (Å²) >= 11 is 0. The molecule has 1 nitrogen and oxygen atoms in total. The average molecular weight is 194 g/mol. The predicted octanol–water partition coefficient (Wildman–Crippen LogP) is 3.58. The molecule has 0 atom stereocenters. The van der Waals surface area contributed by atoms with E-state index in [-0.39, 0.29) is 0 Å². The summed E-state index contributed by atoms with van der Waals surface area (Å²) in [6, 6.07) is 0. The molecule has 0 aromatic rings. The molecular weight excluding hydrogens is 172 g/mol. The first kappa shape index (κ1) is 11.6. The molecule has 1 fully saturated rings. The van der Waals surface area contributed by atoms with E-state index in [1.165, 1.54) is 12.8 Å². The summed E-state index contributed by atoms with van der Waals surface area (Å²) in [5, 5.41) is 10.4. The molecule has 0 spiro atoms. The van der Waals surface area contributed by atoms with Crippen LogP contribution in [0.2, 0.25) is 0 Å². The average Bonchev–Trinajstić information content (AvgIpc) is 2.20. The molecule has 14 heavy (non-hydrogen) atoms. The van der Waals surface area contributed by atoms with E-state index in [2.05, 4.69) is 19.2 Å². The van der Waals surface area contributed by atoms with Gasteiger partial charge in [-0.2, -0.15) is 0 Å². The third kappa shape index (κ3) is 2.73. The summed E-state index contributed by atoms with van der Waals surface area (Å²) < 4.78 is 0. The molecule has 1 saturated carbocycles. The Bertz CT molecular complexity index is 217. The van der Waals surface area contributed by atoms with E-state index in [0.717, 1.165) is 44.1 Å². The van der Waals surface area contributed by atoms with Crippen LogP contribution in [0.15, 0.2) is 17.9 Å². The van der Waals surface area contributed by atoms with Gasteiger partial charge < -0.3 is 5.11 Å². The smallest absolute Gasteiger partial charge is 0.0929 e. The van der Waals surface area contributed by atoms with Gasteiger partial charge in [-0.3, -0.25) is 0 Å². The van der Waals surface area contributed by atoms with Crippen molar-refractivity contribution in [2.75, 3.05) is 0 Å². The largest absolute Gasteiger partial charge is 0.385 e. The van der Waals surface area contributed by atoms with Crippen molar-refractivity contribution < 1.29 is 5.11 Å². The van der Waals surface area contributed by atoms with E-state index >= 15 is 0 Å². The minimum Gasteiger partial charge on any atom is -0.385 e. The first-order valence-electron chi connectivity index (χ1n) is 5.84. The van der Waals surface area contributed by atoms with Crippen molar-refractivity contribution in [3.63, 3.8) is 0 Å². The van der Waals surface area contributed by atoms with Gasteiger partial charge in [0.25, 0.3) is 0 Å². The molecular formula is C13H22O. The fraction of sp³-hybridized carbons (Fsp3) is 0.769. The summed E-state index contributed by atoms with van der Waals surface area (Å²) in [7, 11) is 0. The standard InChI is InChI=1S/C13H22O/c1-3-5-9-12(4-2)13(14)10-7-6-8-11-13/h14H,2-3,5-11H2,1H3. The highest BCUT2D eigenvalue weighted by Crippen LogP contribution is 2.35. The highest BCUT2D eigenvalue weighted by atomic mass is 16.3. The second kappa shape index (κ2) is 5.38. The normalized spacial score (nSPS) is 20.1. The molecule has 0 heterocycles. The Morgan fingerprint density at radius 3 is 2.50 bits per heavy atom. The van der Waals surface area contributed by atoms with E-state index in [1.807, 2.05) is 0 Å². The van der Waals surface area contributed by atoms with Gasteiger partial charge in [-0.1, -0.05) is 39.2 Å². The monoisotopic (exact) mass is 194 g/mol. The zero-order valence-electron chi connectivity index (χ0n) is 9.31. The molecule has 0 aromatic heterocycles. The van der Waals surface area contributed by atoms with Crippen LogP contribution in [0.1, 0.15) is 58.3 Å². The van der Waals surface area contributed by atoms with Crippen LogP contribution in [0, 0.1) is 0 Å². The highest BCUT2D eigenvalue weighted by molar-refractivity contribution is 5.16. The van der Waals surface area contributed by atoms with Crippen LogP contribution in [-0.2, 0) is 0 Å². The molecule has 1 heteroatoms. The summed E-state index contributed by atoms with van der Waals surface area (Å²) in [6.45, 7) is 5.88. The lowest BCUT2D eigenvalue weighted by Gasteiger charge is -2.33. The Kier molecular flexibility index (Phi) is 4.44. The number of hydrogen-bond donors (Lipinski definition) is 1. The van der Waals surface area contributed by atoms with E-state index in [0.29, 0.717) is 0 Å². The minimum atomic E-state index is -0.560. The third-order valence-electron chi connectivity index (χ3n) is 3.24. The number of rotatable bonds is 4. The van der Waals surface area contributed by atoms with Gasteiger partial charge in [0.15, 0.2) is 0 Å². The maximum atomic E-state index is 10.4. The molecule has 1 N–H and O–H groups in total. The quantitative estimate of drug-likeness (QED) is 0.678. The molecule has 80 valence electrons. The molecule has 0 bridgehead atoms. The molecule has 1 aliphatic rings. The van der Waals surface area contributed by atoms with Crippen molar-refractivity contribution in [3.05, 3.63) is 17.9 Å². The topological polar surface area (TPSA) is 20.2 Å². The lowest BCUT2D eigenvalue weighted by Crippen LogP contribution is -2.33. The third-order valence-corrected chi connectivity index (χ3v) is 3.24. The van der Waals surface area contributed by atoms with E-state index in [4.69, 9.17) is 0 Å². The molecule has 0 aromatic carbocycles. The summed E-state index contributed by atoms with van der Waals surface area (Å²) in [6.07, 6.45) is 8.66. The second-order valence-corrected chi connectivity index (χ2v) is 4.35. The lowest BCUT2D eigenvalue weighted by atomic mass is 9.78.